The summed E-state index contributed by atoms with van der Waals surface area (Å²) in [6, 6.07) is 11.5. The average molecular weight is 471 g/mol. The van der Waals surface area contributed by atoms with Crippen LogP contribution >= 0.6 is 22.6 Å². The summed E-state index contributed by atoms with van der Waals surface area (Å²) >= 11 is 2.01. The SMILES string of the molecule is O=C(NCCc1ccc(O)cc1)C1=NS(=O)(=O)c2cc(I)ccc2N1. The number of fused-ring (bicyclic) bond motifs is 1. The van der Waals surface area contributed by atoms with Gasteiger partial charge in [0.2, 0.25) is 5.84 Å². The number of benzene rings is 2. The lowest BCUT2D eigenvalue weighted by molar-refractivity contribution is -0.114. The van der Waals surface area contributed by atoms with Gasteiger partial charge in [-0.15, -0.1) is 4.40 Å². The highest BCUT2D eigenvalue weighted by Crippen LogP contribution is 2.28. The van der Waals surface area contributed by atoms with Crippen molar-refractivity contribution in [1.29, 1.82) is 0 Å². The second-order valence-corrected chi connectivity index (χ2v) is 8.17. The largest absolute Gasteiger partial charge is 0.508 e. The molecule has 0 saturated heterocycles. The van der Waals surface area contributed by atoms with Gasteiger partial charge in [-0.3, -0.25) is 4.79 Å². The fourth-order valence-corrected chi connectivity index (χ4v) is 4.14. The van der Waals surface area contributed by atoms with Crippen LogP contribution in [0.3, 0.4) is 0 Å². The Hall–Kier alpha value is -2.14. The van der Waals surface area contributed by atoms with E-state index in [0.717, 1.165) is 9.13 Å². The maximum Gasteiger partial charge on any atom is 0.287 e. The second kappa shape index (κ2) is 7.00. The molecule has 25 heavy (non-hydrogen) atoms. The third kappa shape index (κ3) is 4.10. The van der Waals surface area contributed by atoms with Crippen LogP contribution < -0.4 is 10.6 Å². The van der Waals surface area contributed by atoms with Crippen molar-refractivity contribution in [1.82, 2.24) is 5.32 Å². The Balaban J connectivity index is 1.68. The molecule has 0 fully saturated rings. The van der Waals surface area contributed by atoms with E-state index in [0.29, 0.717) is 18.7 Å². The molecule has 0 unspecified atom stereocenters. The molecule has 9 heteroatoms. The smallest absolute Gasteiger partial charge is 0.287 e. The standard InChI is InChI=1S/C16H14IN3O4S/c17-11-3-6-13-14(9-11)25(23,24)20-15(19-13)16(22)18-8-7-10-1-4-12(21)5-2-10/h1-6,9,21H,7-8H2,(H,18,22)(H,19,20). The predicted molar refractivity (Wildman–Crippen MR) is 102 cm³/mol. The summed E-state index contributed by atoms with van der Waals surface area (Å²) in [5.41, 5.74) is 1.27. The van der Waals surface area contributed by atoms with Crippen LogP contribution in [0, 0.1) is 3.57 Å². The van der Waals surface area contributed by atoms with Crippen LogP contribution in [0.4, 0.5) is 5.69 Å². The number of hydrogen-bond donors (Lipinski definition) is 3. The molecule has 130 valence electrons. The zero-order chi connectivity index (χ0) is 18.0. The molecular weight excluding hydrogens is 457 g/mol. The summed E-state index contributed by atoms with van der Waals surface area (Å²) in [4.78, 5) is 12.3. The van der Waals surface area contributed by atoms with Crippen molar-refractivity contribution < 1.29 is 18.3 Å². The van der Waals surface area contributed by atoms with Crippen molar-refractivity contribution in [3.63, 3.8) is 0 Å². The molecule has 0 aromatic heterocycles. The third-order valence-corrected chi connectivity index (χ3v) is 5.52. The Labute approximate surface area is 158 Å². The van der Waals surface area contributed by atoms with E-state index in [2.05, 4.69) is 15.0 Å². The molecule has 0 saturated carbocycles. The summed E-state index contributed by atoms with van der Waals surface area (Å²) in [6.07, 6.45) is 0.542. The first-order chi connectivity index (χ1) is 11.8. The van der Waals surface area contributed by atoms with Gasteiger partial charge >= 0.3 is 0 Å². The maximum absolute atomic E-state index is 12.2. The van der Waals surface area contributed by atoms with Gasteiger partial charge in [0.25, 0.3) is 15.9 Å². The zero-order valence-corrected chi connectivity index (χ0v) is 15.8. The summed E-state index contributed by atoms with van der Waals surface area (Å²) < 4.78 is 28.8. The van der Waals surface area contributed by atoms with Gasteiger partial charge in [0.15, 0.2) is 0 Å². The number of sulfonamides is 1. The lowest BCUT2D eigenvalue weighted by atomic mass is 10.1. The van der Waals surface area contributed by atoms with Gasteiger partial charge in [-0.05, 0) is 64.9 Å². The van der Waals surface area contributed by atoms with Gasteiger partial charge in [-0.2, -0.15) is 8.42 Å². The monoisotopic (exact) mass is 471 g/mol. The molecule has 0 bridgehead atoms. The van der Waals surface area contributed by atoms with E-state index in [1.807, 2.05) is 22.6 Å². The van der Waals surface area contributed by atoms with Crippen molar-refractivity contribution in [3.05, 3.63) is 51.6 Å². The van der Waals surface area contributed by atoms with E-state index < -0.39 is 15.9 Å². The second-order valence-electron chi connectivity index (χ2n) is 5.35. The first-order valence-electron chi connectivity index (χ1n) is 7.33. The van der Waals surface area contributed by atoms with E-state index in [1.165, 1.54) is 6.07 Å². The van der Waals surface area contributed by atoms with Crippen LogP contribution in [-0.4, -0.2) is 31.8 Å². The Morgan fingerprint density at radius 1 is 1.20 bits per heavy atom. The quantitative estimate of drug-likeness (QED) is 0.591. The first kappa shape index (κ1) is 17.7. The number of phenols is 1. The van der Waals surface area contributed by atoms with Crippen molar-refractivity contribution in [3.8, 4) is 5.75 Å². The van der Waals surface area contributed by atoms with Crippen LogP contribution in [0.15, 0.2) is 51.8 Å². The number of rotatable bonds is 4. The highest BCUT2D eigenvalue weighted by atomic mass is 127. The number of nitrogens with one attached hydrogen (secondary N) is 2. The Kier molecular flexibility index (Phi) is 4.95. The molecule has 1 aliphatic heterocycles. The Morgan fingerprint density at radius 3 is 2.64 bits per heavy atom. The minimum Gasteiger partial charge on any atom is -0.508 e. The van der Waals surface area contributed by atoms with Gasteiger partial charge in [-0.25, -0.2) is 0 Å². The van der Waals surface area contributed by atoms with Crippen LogP contribution in [0.5, 0.6) is 5.75 Å². The average Bonchev–Trinajstić information content (AvgIpc) is 2.56. The molecule has 2 aromatic rings. The molecule has 0 spiro atoms. The van der Waals surface area contributed by atoms with Crippen molar-refractivity contribution in [2.45, 2.75) is 11.3 Å². The highest BCUT2D eigenvalue weighted by Gasteiger charge is 2.28. The first-order valence-corrected chi connectivity index (χ1v) is 9.85. The molecule has 3 N–H and O–H groups in total. The number of halogens is 1. The lowest BCUT2D eigenvalue weighted by Crippen LogP contribution is -2.39. The Bertz CT molecular complexity index is 956. The number of amides is 1. The molecule has 7 nitrogen and oxygen atoms in total. The van der Waals surface area contributed by atoms with Gasteiger partial charge in [0.1, 0.15) is 10.6 Å². The number of aromatic hydroxyl groups is 1. The summed E-state index contributed by atoms with van der Waals surface area (Å²) in [6.45, 7) is 0.309. The number of nitrogens with zero attached hydrogens (tertiary/aromatic N) is 1. The van der Waals surface area contributed by atoms with Gasteiger partial charge in [0, 0.05) is 10.1 Å². The third-order valence-electron chi connectivity index (χ3n) is 3.54. The van der Waals surface area contributed by atoms with Crippen LogP contribution in [0.2, 0.25) is 0 Å². The molecule has 1 aliphatic rings. The number of carbonyl (C=O) groups is 1. The number of amidine groups is 1. The van der Waals surface area contributed by atoms with E-state index in [1.54, 1.807) is 36.4 Å². The van der Waals surface area contributed by atoms with Crippen molar-refractivity contribution in [2.75, 3.05) is 11.9 Å². The number of phenolic OH excluding ortho intramolecular Hbond substituents is 1. The maximum atomic E-state index is 12.2. The molecule has 1 heterocycles. The minimum absolute atomic E-state index is 0.0556. The van der Waals surface area contributed by atoms with E-state index in [9.17, 15) is 18.3 Å². The normalized spacial score (nSPS) is 14.8. The van der Waals surface area contributed by atoms with Crippen LogP contribution in [0.1, 0.15) is 5.56 Å². The zero-order valence-electron chi connectivity index (χ0n) is 12.9. The minimum atomic E-state index is -3.91. The summed E-state index contributed by atoms with van der Waals surface area (Å²) in [5, 5.41) is 14.6. The van der Waals surface area contributed by atoms with E-state index >= 15 is 0 Å². The predicted octanol–water partition coefficient (Wildman–Crippen LogP) is 1.87. The summed E-state index contributed by atoms with van der Waals surface area (Å²) in [7, 11) is -3.91. The number of anilines is 1. The molecule has 0 atom stereocenters. The molecule has 0 aliphatic carbocycles. The van der Waals surface area contributed by atoms with Crippen molar-refractivity contribution >= 4 is 50.0 Å². The van der Waals surface area contributed by atoms with Crippen molar-refractivity contribution in [2.24, 2.45) is 4.40 Å². The molecule has 1 amide bonds. The van der Waals surface area contributed by atoms with Gasteiger partial charge in [0.05, 0.1) is 5.69 Å². The molecule has 0 radical (unpaired) electrons. The van der Waals surface area contributed by atoms with Crippen LogP contribution in [0.25, 0.3) is 0 Å². The molecule has 2 aromatic carbocycles. The topological polar surface area (TPSA) is 108 Å². The molecule has 3 rings (SSSR count). The number of hydrogen-bond acceptors (Lipinski definition) is 5. The lowest BCUT2D eigenvalue weighted by Gasteiger charge is -2.17. The highest BCUT2D eigenvalue weighted by molar-refractivity contribution is 14.1. The van der Waals surface area contributed by atoms with Crippen LogP contribution in [-0.2, 0) is 21.2 Å². The van der Waals surface area contributed by atoms with E-state index in [4.69, 9.17) is 0 Å². The van der Waals surface area contributed by atoms with Gasteiger partial charge < -0.3 is 15.7 Å². The molecular formula is C16H14IN3O4S. The van der Waals surface area contributed by atoms with E-state index in [-0.39, 0.29) is 16.5 Å². The fourth-order valence-electron chi connectivity index (χ4n) is 2.30. The number of carbonyl (C=O) groups excluding carboxylic acids is 1. The Morgan fingerprint density at radius 2 is 1.92 bits per heavy atom. The van der Waals surface area contributed by atoms with Gasteiger partial charge in [-0.1, -0.05) is 12.1 Å². The fraction of sp³-hybridized carbons (Fsp3) is 0.125. The summed E-state index contributed by atoms with van der Waals surface area (Å²) in [5.74, 6) is -0.668.